The molecular weight excluding hydrogens is 790 g/mol. The number of rotatable bonds is 9. The number of alkyl halides is 1. The fourth-order valence-corrected chi connectivity index (χ4v) is 10.6. The number of thiocarbonyl (C=S) groups is 1. The number of nitrogens with one attached hydrogen (secondary N) is 1. The lowest BCUT2D eigenvalue weighted by atomic mass is 9.67. The van der Waals surface area contributed by atoms with Crippen LogP contribution in [-0.2, 0) is 20.3 Å². The summed E-state index contributed by atoms with van der Waals surface area (Å²) < 4.78 is 5.22. The van der Waals surface area contributed by atoms with Crippen LogP contribution >= 0.6 is 58.4 Å². The van der Waals surface area contributed by atoms with Gasteiger partial charge in [0, 0.05) is 59.1 Å². The number of nitrogens with zero attached hydrogens (tertiary/aromatic N) is 4. The predicted octanol–water partition coefficient (Wildman–Crippen LogP) is 8.49. The van der Waals surface area contributed by atoms with Gasteiger partial charge in [0.15, 0.2) is 16.0 Å². The van der Waals surface area contributed by atoms with E-state index in [0.717, 1.165) is 75.4 Å². The van der Waals surface area contributed by atoms with Crippen LogP contribution in [0, 0.1) is 0 Å². The van der Waals surface area contributed by atoms with Gasteiger partial charge in [0.1, 0.15) is 0 Å². The van der Waals surface area contributed by atoms with E-state index in [-0.39, 0.29) is 22.5 Å². The highest BCUT2D eigenvalue weighted by atomic mass is 35.5. The van der Waals surface area contributed by atoms with E-state index in [1.807, 2.05) is 47.7 Å². The zero-order chi connectivity index (χ0) is 39.0. The Balaban J connectivity index is 0.000000149. The fraction of sp³-hybridized carbons (Fsp3) is 0.585. The molecule has 2 atom stereocenters. The molecule has 14 heteroatoms. The van der Waals surface area contributed by atoms with Crippen molar-refractivity contribution in [2.24, 2.45) is 5.73 Å². The number of carbonyl (C=O) groups excluding carboxylic acids is 1. The van der Waals surface area contributed by atoms with Crippen LogP contribution in [0.2, 0.25) is 10.0 Å². The van der Waals surface area contributed by atoms with Gasteiger partial charge in [0.2, 0.25) is 0 Å². The summed E-state index contributed by atoms with van der Waals surface area (Å²) >= 11 is 24.6. The summed E-state index contributed by atoms with van der Waals surface area (Å²) in [6.45, 7) is 4.98. The number of halogens is 3. The van der Waals surface area contributed by atoms with Crippen LogP contribution in [0.3, 0.4) is 0 Å². The molecule has 3 aromatic rings. The van der Waals surface area contributed by atoms with Crippen LogP contribution in [0.1, 0.15) is 93.9 Å². The van der Waals surface area contributed by atoms with Crippen molar-refractivity contribution in [2.75, 3.05) is 57.6 Å². The van der Waals surface area contributed by atoms with Gasteiger partial charge in [-0.2, -0.15) is 0 Å². The molecule has 2 unspecified atom stereocenters. The van der Waals surface area contributed by atoms with Gasteiger partial charge >= 0.3 is 7.05 Å². The summed E-state index contributed by atoms with van der Waals surface area (Å²) in [6.07, 6.45) is 13.9. The Morgan fingerprint density at radius 3 is 2.09 bits per heavy atom. The van der Waals surface area contributed by atoms with Crippen LogP contribution in [0.4, 0.5) is 5.13 Å². The molecule has 3 saturated heterocycles. The number of anilines is 1. The van der Waals surface area contributed by atoms with Crippen molar-refractivity contribution in [3.63, 3.8) is 0 Å². The van der Waals surface area contributed by atoms with Crippen molar-refractivity contribution in [3.05, 3.63) is 80.8 Å². The smallest absolute Gasteiger partial charge is 0.407 e. The first-order chi connectivity index (χ1) is 26.6. The van der Waals surface area contributed by atoms with Gasteiger partial charge in [-0.3, -0.25) is 4.79 Å². The summed E-state index contributed by atoms with van der Waals surface area (Å²) in [4.78, 5) is 24.1. The molecule has 5 aliphatic rings. The van der Waals surface area contributed by atoms with Gasteiger partial charge in [-0.25, -0.2) is 4.98 Å². The van der Waals surface area contributed by atoms with Gasteiger partial charge in [-0.1, -0.05) is 86.0 Å². The van der Waals surface area contributed by atoms with Gasteiger partial charge in [0.25, 0.3) is 0 Å². The summed E-state index contributed by atoms with van der Waals surface area (Å²) in [5, 5.41) is 8.93. The van der Waals surface area contributed by atoms with E-state index in [0.29, 0.717) is 29.3 Å². The van der Waals surface area contributed by atoms with E-state index in [1.165, 1.54) is 61.3 Å². The highest BCUT2D eigenvalue weighted by Gasteiger charge is 2.42. The number of carbonyl (C=O) groups is 1. The van der Waals surface area contributed by atoms with Crippen molar-refractivity contribution in [1.82, 2.24) is 20.0 Å². The average molecular weight is 846 g/mol. The second-order valence-corrected chi connectivity index (χ2v) is 18.2. The third-order valence-electron chi connectivity index (χ3n) is 12.5. The second kappa shape index (κ2) is 19.7. The van der Waals surface area contributed by atoms with E-state index in [1.54, 1.807) is 0 Å². The number of aromatic nitrogens is 1. The Bertz CT molecular complexity index is 1700. The molecule has 8 rings (SSSR count). The number of nitrogens with two attached hydrogens (primary N) is 1. The van der Waals surface area contributed by atoms with Gasteiger partial charge in [0.05, 0.1) is 23.5 Å². The number of likely N-dealkylation sites (N-methyl/N-ethyl adjacent to an activating group) is 2. The Morgan fingerprint density at radius 1 is 0.964 bits per heavy atom. The van der Waals surface area contributed by atoms with Crippen molar-refractivity contribution >= 4 is 81.4 Å². The number of hydrogen-bond donors (Lipinski definition) is 2. The molecule has 2 saturated carbocycles. The molecule has 298 valence electrons. The lowest BCUT2D eigenvalue weighted by Gasteiger charge is -2.36. The molecule has 55 heavy (non-hydrogen) atoms. The summed E-state index contributed by atoms with van der Waals surface area (Å²) in [5.41, 5.74) is 8.99. The molecule has 4 heterocycles. The standard InChI is InChI=1S/C20H26ClN3S.C14H16Cl2O.C7H14BN3OS/c1-22-17-9-12-24(13-17)19-23-18(14-25-19)20(10-3-2-4-11-20)15-5-7-16(21)8-6-15;15-10-13(17)14(8-2-1-3-9-14)11-4-6-12(16)7-5-11;1-10(8-5-12-8)6-2-3-11(4-6)7(9)13/h5-8,14,17,22H,2-4,9-13H2,1H3;4-7H,1-3,8-10H2;6H,2-5H2,1H3,(H2,9,13). The minimum Gasteiger partial charge on any atom is -0.423 e. The highest BCUT2D eigenvalue weighted by Crippen LogP contribution is 2.46. The topological polar surface area (TPSA) is 90.3 Å². The molecule has 0 amide bonds. The van der Waals surface area contributed by atoms with Crippen molar-refractivity contribution in [2.45, 2.75) is 100.0 Å². The molecule has 0 radical (unpaired) electrons. The van der Waals surface area contributed by atoms with E-state index >= 15 is 0 Å². The normalized spacial score (nSPS) is 22.8. The van der Waals surface area contributed by atoms with Crippen LogP contribution in [0.15, 0.2) is 53.9 Å². The van der Waals surface area contributed by atoms with Crippen molar-refractivity contribution < 1.29 is 9.45 Å². The molecule has 8 nitrogen and oxygen atoms in total. The molecule has 2 aliphatic carbocycles. The Hall–Kier alpha value is -1.96. The quantitative estimate of drug-likeness (QED) is 0.0954. The summed E-state index contributed by atoms with van der Waals surface area (Å²) in [6, 6.07) is 17.3. The number of hydrogen-bond acceptors (Lipinski definition) is 8. The minimum absolute atomic E-state index is 0.0692. The maximum atomic E-state index is 12.2. The number of ketones is 1. The largest absolute Gasteiger partial charge is 0.423 e. The third kappa shape index (κ3) is 10.4. The maximum absolute atomic E-state index is 12.2. The Kier molecular flexibility index (Phi) is 15.2. The zero-order valence-corrected chi connectivity index (χ0v) is 36.2. The summed E-state index contributed by atoms with van der Waals surface area (Å²) in [7, 11) is 4.50. The molecule has 3 N–H and O–H groups in total. The number of Topliss-reactive ketones (excluding diaryl/α,β-unsaturated/α-hetero) is 1. The lowest BCUT2D eigenvalue weighted by Crippen LogP contribution is -2.41. The molecular formula is C41H56BCl3N6O2S2. The molecule has 1 aromatic heterocycles. The van der Waals surface area contributed by atoms with E-state index in [4.69, 9.17) is 62.4 Å². The predicted molar refractivity (Wildman–Crippen MR) is 235 cm³/mol. The Labute approximate surface area is 352 Å². The molecule has 0 bridgehead atoms. The molecule has 5 fully saturated rings. The molecule has 0 spiro atoms. The number of likely N-dealkylation sites (tertiary alicyclic amines) is 1. The average Bonchev–Trinajstić information content (AvgIpc) is 3.55. The van der Waals surface area contributed by atoms with E-state index in [2.05, 4.69) is 51.5 Å². The zero-order valence-electron chi connectivity index (χ0n) is 32.3. The van der Waals surface area contributed by atoms with Gasteiger partial charge < -0.3 is 30.3 Å². The van der Waals surface area contributed by atoms with Gasteiger partial charge in [-0.05, 0) is 100 Å². The van der Waals surface area contributed by atoms with Crippen LogP contribution in [0.25, 0.3) is 0 Å². The highest BCUT2D eigenvalue weighted by molar-refractivity contribution is 7.80. The Morgan fingerprint density at radius 2 is 1.56 bits per heavy atom. The van der Waals surface area contributed by atoms with E-state index < -0.39 is 0 Å². The minimum atomic E-state index is -0.357. The van der Waals surface area contributed by atoms with Crippen LogP contribution in [0.5, 0.6) is 0 Å². The SMILES string of the molecule is CN(B1CO1)C1CCN(C(N)=S)C1.CNC1CCN(c2nc(C3(c4ccc(Cl)cc4)CCCCC3)cs2)C1.O=C(CCl)C1(c2ccc(Cl)cc2)CCCCC1. The van der Waals surface area contributed by atoms with Gasteiger partial charge in [-0.15, -0.1) is 22.9 Å². The van der Waals surface area contributed by atoms with Crippen molar-refractivity contribution in [1.29, 1.82) is 0 Å². The monoisotopic (exact) mass is 844 g/mol. The molecule has 2 aromatic carbocycles. The van der Waals surface area contributed by atoms with Crippen LogP contribution < -0.4 is 16.0 Å². The van der Waals surface area contributed by atoms with Crippen LogP contribution in [-0.4, -0.2) is 97.4 Å². The molecule has 3 aliphatic heterocycles. The third-order valence-corrected chi connectivity index (χ3v) is 14.4. The number of thiazole rings is 1. The first-order valence-corrected chi connectivity index (χ1v) is 22.5. The second-order valence-electron chi connectivity index (χ2n) is 15.8. The lowest BCUT2D eigenvalue weighted by molar-refractivity contribution is -0.123. The maximum Gasteiger partial charge on any atom is 0.407 e. The summed E-state index contributed by atoms with van der Waals surface area (Å²) in [5.74, 6) is 0.254. The number of benzene rings is 2. The first-order valence-electron chi connectivity index (χ1n) is 20.0. The fourth-order valence-electron chi connectivity index (χ4n) is 8.98. The van der Waals surface area contributed by atoms with E-state index in [9.17, 15) is 4.79 Å². The van der Waals surface area contributed by atoms with Crippen molar-refractivity contribution in [3.8, 4) is 0 Å². The first kappa shape index (κ1) is 42.6.